The lowest BCUT2D eigenvalue weighted by Crippen LogP contribution is -2.43. The smallest absolute Gasteiger partial charge is 0.246 e. The minimum Gasteiger partial charge on any atom is -0.352 e. The van der Waals surface area contributed by atoms with E-state index in [2.05, 4.69) is 10.6 Å². The van der Waals surface area contributed by atoms with Gasteiger partial charge in [-0.15, -0.1) is 0 Å². The Balaban J connectivity index is 1.93. The van der Waals surface area contributed by atoms with Crippen molar-refractivity contribution >= 4 is 11.8 Å². The number of nitrogens with zero attached hydrogens (tertiary/aromatic N) is 1. The molecule has 5 nitrogen and oxygen atoms in total. The molecule has 5 heteroatoms. The third-order valence-corrected chi connectivity index (χ3v) is 4.96. The van der Waals surface area contributed by atoms with Gasteiger partial charge in [-0.25, -0.2) is 0 Å². The standard InChI is InChI=1S/C18H27N3O2/c19-11-12-20-18(23)16(14-7-3-1-4-8-14)13-21-17(22)15-9-5-2-6-10-15/h9,14,16H,1-8,10,12-13H2,(H,20,23)(H,21,22). The maximum atomic E-state index is 12.4. The molecule has 0 radical (unpaired) electrons. The number of carbonyl (C=O) groups is 2. The molecular formula is C18H27N3O2. The van der Waals surface area contributed by atoms with Crippen LogP contribution in [0, 0.1) is 23.2 Å². The topological polar surface area (TPSA) is 82.0 Å². The highest BCUT2D eigenvalue weighted by Gasteiger charge is 2.30. The first kappa shape index (κ1) is 17.5. The lowest BCUT2D eigenvalue weighted by atomic mass is 9.79. The molecule has 1 fully saturated rings. The van der Waals surface area contributed by atoms with Crippen molar-refractivity contribution in [3.63, 3.8) is 0 Å². The van der Waals surface area contributed by atoms with Crippen LogP contribution < -0.4 is 10.6 Å². The SMILES string of the molecule is N#CCNC(=O)C(CNC(=O)C1=CCCCC1)C1CCCCC1. The molecule has 1 atom stereocenters. The molecule has 0 aromatic rings. The first-order chi connectivity index (χ1) is 11.2. The van der Waals surface area contributed by atoms with Crippen molar-refractivity contribution < 1.29 is 9.59 Å². The fourth-order valence-corrected chi connectivity index (χ4v) is 3.63. The zero-order chi connectivity index (χ0) is 16.5. The monoisotopic (exact) mass is 317 g/mol. The molecule has 0 aromatic heterocycles. The summed E-state index contributed by atoms with van der Waals surface area (Å²) >= 11 is 0. The van der Waals surface area contributed by atoms with Gasteiger partial charge in [0.25, 0.3) is 0 Å². The van der Waals surface area contributed by atoms with Crippen LogP contribution in [-0.2, 0) is 9.59 Å². The maximum absolute atomic E-state index is 12.4. The second-order valence-electron chi connectivity index (χ2n) is 6.57. The number of hydrogen-bond donors (Lipinski definition) is 2. The molecule has 126 valence electrons. The van der Waals surface area contributed by atoms with E-state index >= 15 is 0 Å². The Morgan fingerprint density at radius 3 is 2.61 bits per heavy atom. The van der Waals surface area contributed by atoms with Crippen LogP contribution in [0.3, 0.4) is 0 Å². The quantitative estimate of drug-likeness (QED) is 0.738. The molecule has 2 amide bonds. The van der Waals surface area contributed by atoms with Gasteiger partial charge >= 0.3 is 0 Å². The van der Waals surface area contributed by atoms with Gasteiger partial charge in [-0.2, -0.15) is 5.26 Å². The van der Waals surface area contributed by atoms with Crippen LogP contribution in [0.5, 0.6) is 0 Å². The third-order valence-electron chi connectivity index (χ3n) is 4.96. The summed E-state index contributed by atoms with van der Waals surface area (Å²) in [6, 6.07) is 1.94. The molecule has 0 aromatic carbocycles. The molecule has 0 saturated heterocycles. The van der Waals surface area contributed by atoms with Crippen LogP contribution in [-0.4, -0.2) is 24.9 Å². The van der Waals surface area contributed by atoms with E-state index in [4.69, 9.17) is 5.26 Å². The Morgan fingerprint density at radius 2 is 1.96 bits per heavy atom. The molecule has 2 aliphatic rings. The van der Waals surface area contributed by atoms with E-state index in [0.29, 0.717) is 12.5 Å². The number of allylic oxidation sites excluding steroid dienone is 1. The first-order valence-corrected chi connectivity index (χ1v) is 8.84. The summed E-state index contributed by atoms with van der Waals surface area (Å²) < 4.78 is 0. The molecule has 0 aliphatic heterocycles. The molecule has 2 rings (SSSR count). The largest absolute Gasteiger partial charge is 0.352 e. The van der Waals surface area contributed by atoms with Crippen molar-refractivity contribution in [3.05, 3.63) is 11.6 Å². The van der Waals surface area contributed by atoms with Crippen LogP contribution in [0.1, 0.15) is 57.8 Å². The lowest BCUT2D eigenvalue weighted by molar-refractivity contribution is -0.127. The van der Waals surface area contributed by atoms with Crippen LogP contribution in [0.2, 0.25) is 0 Å². The minimum atomic E-state index is -0.225. The lowest BCUT2D eigenvalue weighted by Gasteiger charge is -2.29. The Hall–Kier alpha value is -1.83. The van der Waals surface area contributed by atoms with Gasteiger partial charge in [0.15, 0.2) is 0 Å². The predicted octanol–water partition coefficient (Wildman–Crippen LogP) is 2.44. The molecule has 1 unspecified atom stereocenters. The van der Waals surface area contributed by atoms with Crippen molar-refractivity contribution in [2.75, 3.05) is 13.1 Å². The van der Waals surface area contributed by atoms with E-state index in [9.17, 15) is 9.59 Å². The molecular weight excluding hydrogens is 290 g/mol. The molecule has 2 N–H and O–H groups in total. The number of hydrogen-bond acceptors (Lipinski definition) is 3. The van der Waals surface area contributed by atoms with Crippen molar-refractivity contribution in [2.24, 2.45) is 11.8 Å². The van der Waals surface area contributed by atoms with Crippen molar-refractivity contribution in [1.29, 1.82) is 5.26 Å². The summed E-state index contributed by atoms with van der Waals surface area (Å²) in [5, 5.41) is 14.3. The number of amides is 2. The van der Waals surface area contributed by atoms with E-state index in [1.54, 1.807) is 0 Å². The number of rotatable bonds is 6. The van der Waals surface area contributed by atoms with Gasteiger partial charge in [0.2, 0.25) is 11.8 Å². The molecule has 0 spiro atoms. The molecule has 1 saturated carbocycles. The minimum absolute atomic E-state index is 0.0289. The highest BCUT2D eigenvalue weighted by Crippen LogP contribution is 2.30. The summed E-state index contributed by atoms with van der Waals surface area (Å²) in [5.41, 5.74) is 0.857. The summed E-state index contributed by atoms with van der Waals surface area (Å²) in [6.07, 6.45) is 11.6. The Bertz CT molecular complexity index is 487. The van der Waals surface area contributed by atoms with Gasteiger partial charge in [0, 0.05) is 12.1 Å². The van der Waals surface area contributed by atoms with Gasteiger partial charge in [-0.05, 0) is 44.4 Å². The van der Waals surface area contributed by atoms with E-state index in [1.807, 2.05) is 12.1 Å². The van der Waals surface area contributed by atoms with Crippen molar-refractivity contribution in [3.8, 4) is 6.07 Å². The summed E-state index contributed by atoms with van der Waals surface area (Å²) in [5.74, 6) is -0.0464. The van der Waals surface area contributed by atoms with Crippen LogP contribution in [0.4, 0.5) is 0 Å². The number of carbonyl (C=O) groups excluding carboxylic acids is 2. The highest BCUT2D eigenvalue weighted by atomic mass is 16.2. The van der Waals surface area contributed by atoms with Crippen LogP contribution in [0.15, 0.2) is 11.6 Å². The zero-order valence-electron chi connectivity index (χ0n) is 13.8. The molecule has 23 heavy (non-hydrogen) atoms. The second kappa shape index (κ2) is 9.34. The Morgan fingerprint density at radius 1 is 1.17 bits per heavy atom. The Kier molecular flexibility index (Phi) is 7.12. The van der Waals surface area contributed by atoms with E-state index in [-0.39, 0.29) is 24.3 Å². The van der Waals surface area contributed by atoms with Crippen molar-refractivity contribution in [2.45, 2.75) is 57.8 Å². The maximum Gasteiger partial charge on any atom is 0.246 e. The van der Waals surface area contributed by atoms with Crippen molar-refractivity contribution in [1.82, 2.24) is 10.6 Å². The average Bonchev–Trinajstić information content (AvgIpc) is 2.61. The molecule has 2 aliphatic carbocycles. The normalized spacial score (nSPS) is 20.0. The third kappa shape index (κ3) is 5.38. The van der Waals surface area contributed by atoms with Gasteiger partial charge in [-0.1, -0.05) is 25.3 Å². The fourth-order valence-electron chi connectivity index (χ4n) is 3.63. The van der Waals surface area contributed by atoms with E-state index in [1.165, 1.54) is 6.42 Å². The van der Waals surface area contributed by atoms with Crippen LogP contribution in [0.25, 0.3) is 0 Å². The summed E-state index contributed by atoms with van der Waals surface area (Å²) in [4.78, 5) is 24.6. The fraction of sp³-hybridized carbons (Fsp3) is 0.722. The molecule has 0 bridgehead atoms. The highest BCUT2D eigenvalue weighted by molar-refractivity contribution is 5.93. The van der Waals surface area contributed by atoms with Gasteiger partial charge in [0.05, 0.1) is 12.0 Å². The van der Waals surface area contributed by atoms with Gasteiger partial charge < -0.3 is 10.6 Å². The van der Waals surface area contributed by atoms with E-state index in [0.717, 1.165) is 56.9 Å². The predicted molar refractivity (Wildman–Crippen MR) is 88.2 cm³/mol. The first-order valence-electron chi connectivity index (χ1n) is 8.84. The van der Waals surface area contributed by atoms with Crippen LogP contribution >= 0.6 is 0 Å². The average molecular weight is 317 g/mol. The van der Waals surface area contributed by atoms with E-state index < -0.39 is 0 Å². The summed E-state index contributed by atoms with van der Waals surface area (Å²) in [7, 11) is 0. The summed E-state index contributed by atoms with van der Waals surface area (Å²) in [6.45, 7) is 0.402. The number of nitriles is 1. The number of nitrogens with one attached hydrogen (secondary N) is 2. The molecule has 0 heterocycles. The zero-order valence-corrected chi connectivity index (χ0v) is 13.8. The van der Waals surface area contributed by atoms with Gasteiger partial charge in [0.1, 0.15) is 6.54 Å². The second-order valence-corrected chi connectivity index (χ2v) is 6.57. The Labute approximate surface area is 138 Å². The van der Waals surface area contributed by atoms with Gasteiger partial charge in [-0.3, -0.25) is 9.59 Å².